The Kier molecular flexibility index (Phi) is 4.86. The molecule has 144 valence electrons. The number of sulfonamides is 1. The fourth-order valence-electron chi connectivity index (χ4n) is 2.96. The van der Waals surface area contributed by atoms with Gasteiger partial charge in [-0.15, -0.1) is 0 Å². The van der Waals surface area contributed by atoms with E-state index in [4.69, 9.17) is 0 Å². The molecule has 3 aromatic rings. The molecule has 0 bridgehead atoms. The van der Waals surface area contributed by atoms with E-state index in [1.165, 1.54) is 19.1 Å². The highest BCUT2D eigenvalue weighted by molar-refractivity contribution is 7.99. The first kappa shape index (κ1) is 18.6. The minimum absolute atomic E-state index is 0.110. The fraction of sp³-hybridized carbons (Fsp3) is 0.158. The first-order valence-electron chi connectivity index (χ1n) is 8.62. The van der Waals surface area contributed by atoms with Crippen LogP contribution >= 0.6 is 11.8 Å². The molecule has 7 nitrogen and oxygen atoms in total. The number of thioether (sulfide) groups is 1. The summed E-state index contributed by atoms with van der Waals surface area (Å²) in [5, 5.41) is 3.56. The molecule has 0 unspecified atom stereocenters. The van der Waals surface area contributed by atoms with Gasteiger partial charge in [0.15, 0.2) is 5.16 Å². The zero-order valence-electron chi connectivity index (χ0n) is 15.0. The third-order valence-corrected chi connectivity index (χ3v) is 6.59. The van der Waals surface area contributed by atoms with Crippen molar-refractivity contribution in [2.24, 2.45) is 0 Å². The minimum atomic E-state index is -3.79. The third kappa shape index (κ3) is 3.76. The quantitative estimate of drug-likeness (QED) is 0.667. The highest BCUT2D eigenvalue weighted by Gasteiger charge is 2.20. The van der Waals surface area contributed by atoms with Crippen molar-refractivity contribution < 1.29 is 13.2 Å². The van der Waals surface area contributed by atoms with Crippen molar-refractivity contribution >= 4 is 39.1 Å². The average Bonchev–Trinajstić information content (AvgIpc) is 3.24. The van der Waals surface area contributed by atoms with E-state index < -0.39 is 10.0 Å². The fourth-order valence-corrected chi connectivity index (χ4v) is 4.98. The van der Waals surface area contributed by atoms with Crippen LogP contribution in [0.2, 0.25) is 0 Å². The van der Waals surface area contributed by atoms with E-state index in [-0.39, 0.29) is 10.8 Å². The average molecular weight is 415 g/mol. The molecule has 1 aliphatic heterocycles. The molecule has 0 radical (unpaired) electrons. The molecule has 0 saturated carbocycles. The highest BCUT2D eigenvalue weighted by Crippen LogP contribution is 2.33. The number of imidazole rings is 1. The molecule has 2 N–H and O–H groups in total. The Bertz CT molecular complexity index is 1120. The van der Waals surface area contributed by atoms with Crippen molar-refractivity contribution in [2.75, 3.05) is 15.8 Å². The summed E-state index contributed by atoms with van der Waals surface area (Å²) in [5.74, 6) is 0.790. The number of benzene rings is 2. The number of carbonyl (C=O) groups is 1. The van der Waals surface area contributed by atoms with Gasteiger partial charge in [-0.2, -0.15) is 0 Å². The molecule has 1 aromatic heterocycles. The lowest BCUT2D eigenvalue weighted by molar-refractivity contribution is -0.114. The van der Waals surface area contributed by atoms with E-state index >= 15 is 0 Å². The number of amides is 1. The Morgan fingerprint density at radius 2 is 1.89 bits per heavy atom. The van der Waals surface area contributed by atoms with Crippen molar-refractivity contribution in [1.82, 2.24) is 9.55 Å². The van der Waals surface area contributed by atoms with Gasteiger partial charge in [0.2, 0.25) is 5.91 Å². The maximum absolute atomic E-state index is 12.8. The summed E-state index contributed by atoms with van der Waals surface area (Å²) in [6.07, 6.45) is 1.95. The van der Waals surface area contributed by atoms with Crippen LogP contribution in [0, 0.1) is 0 Å². The lowest BCUT2D eigenvalue weighted by atomic mass is 10.1. The minimum Gasteiger partial charge on any atom is -0.326 e. The molecule has 0 aliphatic carbocycles. The second-order valence-electron chi connectivity index (χ2n) is 6.31. The highest BCUT2D eigenvalue weighted by atomic mass is 32.2. The maximum atomic E-state index is 12.8. The van der Waals surface area contributed by atoms with E-state index in [9.17, 15) is 13.2 Å². The second kappa shape index (κ2) is 7.33. The smallest absolute Gasteiger partial charge is 0.261 e. The predicted molar refractivity (Wildman–Crippen MR) is 110 cm³/mol. The van der Waals surface area contributed by atoms with Crippen molar-refractivity contribution in [2.45, 2.75) is 23.5 Å². The van der Waals surface area contributed by atoms with Crippen LogP contribution in [-0.4, -0.2) is 29.6 Å². The number of aromatic nitrogens is 2. The van der Waals surface area contributed by atoms with Crippen LogP contribution in [0.25, 0.3) is 11.3 Å². The Morgan fingerprint density at radius 3 is 2.61 bits per heavy atom. The van der Waals surface area contributed by atoms with Crippen molar-refractivity contribution in [1.29, 1.82) is 0 Å². The third-order valence-electron chi connectivity index (χ3n) is 4.24. The van der Waals surface area contributed by atoms with Gasteiger partial charge in [-0.25, -0.2) is 13.4 Å². The number of nitrogens with one attached hydrogen (secondary N) is 2. The Balaban J connectivity index is 1.62. The topological polar surface area (TPSA) is 93.1 Å². The zero-order valence-corrected chi connectivity index (χ0v) is 16.7. The van der Waals surface area contributed by atoms with Gasteiger partial charge >= 0.3 is 0 Å². The first-order valence-corrected chi connectivity index (χ1v) is 11.1. The first-order chi connectivity index (χ1) is 13.4. The van der Waals surface area contributed by atoms with E-state index in [1.807, 2.05) is 18.3 Å². The van der Waals surface area contributed by atoms with Crippen LogP contribution in [0.1, 0.15) is 6.92 Å². The van der Waals surface area contributed by atoms with E-state index in [0.717, 1.165) is 28.7 Å². The lowest BCUT2D eigenvalue weighted by Crippen LogP contribution is -2.14. The summed E-state index contributed by atoms with van der Waals surface area (Å²) in [4.78, 5) is 15.8. The van der Waals surface area contributed by atoms with Gasteiger partial charge in [-0.1, -0.05) is 30.0 Å². The van der Waals surface area contributed by atoms with Crippen LogP contribution < -0.4 is 10.0 Å². The molecule has 28 heavy (non-hydrogen) atoms. The second-order valence-corrected chi connectivity index (χ2v) is 9.05. The Morgan fingerprint density at radius 1 is 1.14 bits per heavy atom. The zero-order chi connectivity index (χ0) is 19.7. The molecule has 2 heterocycles. The summed E-state index contributed by atoms with van der Waals surface area (Å²) in [6.45, 7) is 2.30. The summed E-state index contributed by atoms with van der Waals surface area (Å²) in [7, 11) is -3.79. The molecule has 0 saturated heterocycles. The molecular formula is C19H18N4O3S2. The van der Waals surface area contributed by atoms with Crippen LogP contribution in [0.3, 0.4) is 0 Å². The molecule has 9 heteroatoms. The summed E-state index contributed by atoms with van der Waals surface area (Å²) < 4.78 is 30.4. The number of fused-ring (bicyclic) bond motifs is 1. The van der Waals surface area contributed by atoms with Gasteiger partial charge in [0.25, 0.3) is 10.0 Å². The molecule has 0 atom stereocenters. The van der Waals surface area contributed by atoms with Crippen LogP contribution in [0.5, 0.6) is 0 Å². The number of para-hydroxylation sites is 1. The van der Waals surface area contributed by atoms with Crippen LogP contribution in [-0.2, 0) is 21.4 Å². The number of anilines is 2. The van der Waals surface area contributed by atoms with Crippen LogP contribution in [0.4, 0.5) is 11.4 Å². The molecule has 2 aromatic carbocycles. The predicted octanol–water partition coefficient (Wildman–Crippen LogP) is 3.42. The summed E-state index contributed by atoms with van der Waals surface area (Å²) in [5.41, 5.74) is 2.47. The standard InChI is InChI=1S/C19H18N4O3S2/c1-13(24)20-14-6-8-15(9-7-14)28(25,26)22-17-5-3-2-4-16(17)18-12-23-10-11-27-19(23)21-18/h2-9,12,22H,10-11H2,1H3,(H,20,24). The number of hydrogen-bond donors (Lipinski definition) is 2. The number of rotatable bonds is 5. The van der Waals surface area contributed by atoms with Gasteiger partial charge in [0.05, 0.1) is 16.3 Å². The normalized spacial score (nSPS) is 13.2. The largest absolute Gasteiger partial charge is 0.326 e. The van der Waals surface area contributed by atoms with Gasteiger partial charge in [0.1, 0.15) is 0 Å². The SMILES string of the molecule is CC(=O)Nc1ccc(S(=O)(=O)Nc2ccccc2-c2cn3c(n2)SCC3)cc1. The Labute approximate surface area is 167 Å². The maximum Gasteiger partial charge on any atom is 0.261 e. The van der Waals surface area contributed by atoms with Gasteiger partial charge < -0.3 is 9.88 Å². The van der Waals surface area contributed by atoms with Crippen LogP contribution in [0.15, 0.2) is 64.8 Å². The number of nitrogens with zero attached hydrogens (tertiary/aromatic N) is 2. The number of hydrogen-bond acceptors (Lipinski definition) is 5. The van der Waals surface area contributed by atoms with Crippen molar-refractivity contribution in [3.05, 3.63) is 54.7 Å². The van der Waals surface area contributed by atoms with Gasteiger partial charge in [0, 0.05) is 36.7 Å². The molecule has 0 spiro atoms. The van der Waals surface area contributed by atoms with Crippen molar-refractivity contribution in [3.8, 4) is 11.3 Å². The van der Waals surface area contributed by atoms with E-state index in [1.54, 1.807) is 36.0 Å². The summed E-state index contributed by atoms with van der Waals surface area (Å²) in [6, 6.07) is 13.2. The number of aryl methyl sites for hydroxylation is 1. The molecule has 0 fully saturated rings. The summed E-state index contributed by atoms with van der Waals surface area (Å²) >= 11 is 1.69. The van der Waals surface area contributed by atoms with Gasteiger partial charge in [-0.3, -0.25) is 9.52 Å². The number of carbonyl (C=O) groups excluding carboxylic acids is 1. The Hall–Kier alpha value is -2.78. The molecule has 1 amide bonds. The van der Waals surface area contributed by atoms with E-state index in [2.05, 4.69) is 19.6 Å². The van der Waals surface area contributed by atoms with E-state index in [0.29, 0.717) is 11.4 Å². The molecule has 1 aliphatic rings. The molecule has 4 rings (SSSR count). The van der Waals surface area contributed by atoms with Crippen molar-refractivity contribution in [3.63, 3.8) is 0 Å². The molecular weight excluding hydrogens is 396 g/mol. The van der Waals surface area contributed by atoms with Gasteiger partial charge in [-0.05, 0) is 30.3 Å². The lowest BCUT2D eigenvalue weighted by Gasteiger charge is -2.12. The monoisotopic (exact) mass is 414 g/mol.